The third-order valence-electron chi connectivity index (χ3n) is 3.79. The zero-order chi connectivity index (χ0) is 19.8. The molecule has 0 bridgehead atoms. The lowest BCUT2D eigenvalue weighted by Gasteiger charge is -2.11. The summed E-state index contributed by atoms with van der Waals surface area (Å²) in [5.74, 6) is 0.177. The molecule has 0 atom stereocenters. The number of hydrogen-bond donors (Lipinski definition) is 2. The van der Waals surface area contributed by atoms with Crippen molar-refractivity contribution >= 4 is 17.7 Å². The van der Waals surface area contributed by atoms with Crippen LogP contribution in [0.15, 0.2) is 54.6 Å². The fourth-order valence-corrected chi connectivity index (χ4v) is 2.49. The van der Waals surface area contributed by atoms with Gasteiger partial charge in [-0.1, -0.05) is 18.2 Å². The monoisotopic (exact) mass is 364 g/mol. The van der Waals surface area contributed by atoms with Crippen LogP contribution >= 0.6 is 0 Å². The third kappa shape index (κ3) is 4.67. The Morgan fingerprint density at radius 3 is 2.59 bits per heavy atom. The lowest BCUT2D eigenvalue weighted by molar-refractivity contribution is -0.112. The largest absolute Gasteiger partial charge is 0.504 e. The third-order valence-corrected chi connectivity index (χ3v) is 3.79. The molecule has 0 spiro atoms. The minimum Gasteiger partial charge on any atom is -0.504 e. The van der Waals surface area contributed by atoms with E-state index in [4.69, 9.17) is 9.47 Å². The fourth-order valence-electron chi connectivity index (χ4n) is 2.49. The number of phenolic OH excluding ortho intramolecular Hbond substituents is 1. The highest BCUT2D eigenvalue weighted by molar-refractivity contribution is 6.10. The van der Waals surface area contributed by atoms with Gasteiger partial charge in [-0.3, -0.25) is 4.79 Å². The van der Waals surface area contributed by atoms with E-state index in [-0.39, 0.29) is 17.1 Å². The van der Waals surface area contributed by atoms with E-state index in [0.717, 1.165) is 0 Å². The van der Waals surface area contributed by atoms with E-state index in [9.17, 15) is 15.2 Å². The van der Waals surface area contributed by atoms with Crippen molar-refractivity contribution in [3.05, 3.63) is 65.8 Å². The maximum atomic E-state index is 12.5. The number of ether oxygens (including phenoxy) is 2. The quantitative estimate of drug-likeness (QED) is 0.444. The van der Waals surface area contributed by atoms with E-state index >= 15 is 0 Å². The first-order valence-electron chi connectivity index (χ1n) is 8.11. The summed E-state index contributed by atoms with van der Waals surface area (Å²) in [5.41, 5.74) is 1.49. The SMILES string of the molecule is C=CCc1cc(/C=C(/C#N)C(=O)Nc2ccccc2OC)cc(OC)c1O. The molecule has 2 N–H and O–H groups in total. The van der Waals surface area contributed by atoms with Crippen molar-refractivity contribution in [2.24, 2.45) is 0 Å². The number of nitrogens with zero attached hydrogens (tertiary/aromatic N) is 1. The second-order valence-corrected chi connectivity index (χ2v) is 5.55. The molecule has 0 radical (unpaired) electrons. The summed E-state index contributed by atoms with van der Waals surface area (Å²) >= 11 is 0. The molecule has 27 heavy (non-hydrogen) atoms. The van der Waals surface area contributed by atoms with Crippen LogP contribution in [0.4, 0.5) is 5.69 Å². The number of nitrogens with one attached hydrogen (secondary N) is 1. The van der Waals surface area contributed by atoms with Gasteiger partial charge in [-0.25, -0.2) is 0 Å². The van der Waals surface area contributed by atoms with Crippen molar-refractivity contribution in [3.8, 4) is 23.3 Å². The summed E-state index contributed by atoms with van der Waals surface area (Å²) in [4.78, 5) is 12.5. The first-order chi connectivity index (χ1) is 13.0. The van der Waals surface area contributed by atoms with Gasteiger partial charge in [0.15, 0.2) is 11.5 Å². The second-order valence-electron chi connectivity index (χ2n) is 5.55. The number of allylic oxidation sites excluding steroid dienone is 1. The number of phenols is 1. The molecule has 2 aromatic carbocycles. The molecule has 2 rings (SSSR count). The molecule has 1 amide bonds. The smallest absolute Gasteiger partial charge is 0.266 e. The van der Waals surface area contributed by atoms with E-state index in [2.05, 4.69) is 11.9 Å². The Balaban J connectivity index is 2.37. The van der Waals surface area contributed by atoms with Crippen LogP contribution in [0.3, 0.4) is 0 Å². The molecular weight excluding hydrogens is 344 g/mol. The maximum absolute atomic E-state index is 12.5. The number of carbonyl (C=O) groups is 1. The zero-order valence-corrected chi connectivity index (χ0v) is 15.2. The number of benzene rings is 2. The number of hydrogen-bond acceptors (Lipinski definition) is 5. The van der Waals surface area contributed by atoms with Crippen LogP contribution in [0.2, 0.25) is 0 Å². The van der Waals surface area contributed by atoms with Crippen LogP contribution in [-0.2, 0) is 11.2 Å². The summed E-state index contributed by atoms with van der Waals surface area (Å²) in [6.45, 7) is 3.66. The molecule has 0 unspecified atom stereocenters. The molecule has 138 valence electrons. The van der Waals surface area contributed by atoms with Gasteiger partial charge in [0.05, 0.1) is 19.9 Å². The number of nitriles is 1. The lowest BCUT2D eigenvalue weighted by Crippen LogP contribution is -2.14. The molecule has 0 saturated carbocycles. The summed E-state index contributed by atoms with van der Waals surface area (Å²) in [6.07, 6.45) is 3.49. The molecule has 6 nitrogen and oxygen atoms in total. The van der Waals surface area contributed by atoms with Gasteiger partial charge in [0.2, 0.25) is 0 Å². The van der Waals surface area contributed by atoms with E-state index in [1.54, 1.807) is 42.5 Å². The fraction of sp³-hybridized carbons (Fsp3) is 0.143. The molecule has 0 saturated heterocycles. The topological polar surface area (TPSA) is 91.6 Å². The van der Waals surface area contributed by atoms with E-state index in [0.29, 0.717) is 29.0 Å². The standard InChI is InChI=1S/C21H20N2O4/c1-4-7-15-10-14(12-19(27-3)20(15)24)11-16(13-22)21(25)23-17-8-5-6-9-18(17)26-2/h4-6,8-12,24H,1,7H2,2-3H3,(H,23,25)/b16-11-. The van der Waals surface area contributed by atoms with Crippen molar-refractivity contribution in [2.75, 3.05) is 19.5 Å². The van der Waals surface area contributed by atoms with Gasteiger partial charge in [0.1, 0.15) is 17.4 Å². The van der Waals surface area contributed by atoms with Gasteiger partial charge in [-0.2, -0.15) is 5.26 Å². The van der Waals surface area contributed by atoms with Crippen LogP contribution in [0.1, 0.15) is 11.1 Å². The number of amides is 1. The van der Waals surface area contributed by atoms with Gasteiger partial charge >= 0.3 is 0 Å². The number of rotatable bonds is 7. The molecule has 6 heteroatoms. The van der Waals surface area contributed by atoms with Crippen LogP contribution < -0.4 is 14.8 Å². The highest BCUT2D eigenvalue weighted by Gasteiger charge is 2.14. The molecule has 2 aromatic rings. The maximum Gasteiger partial charge on any atom is 0.266 e. The Morgan fingerprint density at radius 2 is 1.96 bits per heavy atom. The first kappa shape index (κ1) is 19.6. The molecule has 0 aliphatic heterocycles. The Morgan fingerprint density at radius 1 is 1.26 bits per heavy atom. The van der Waals surface area contributed by atoms with Crippen LogP contribution in [0.5, 0.6) is 17.2 Å². The lowest BCUT2D eigenvalue weighted by atomic mass is 10.0. The molecule has 0 fully saturated rings. The van der Waals surface area contributed by atoms with Gasteiger partial charge in [0, 0.05) is 5.56 Å². The first-order valence-corrected chi connectivity index (χ1v) is 8.11. The predicted molar refractivity (Wildman–Crippen MR) is 104 cm³/mol. The van der Waals surface area contributed by atoms with Crippen molar-refractivity contribution in [1.29, 1.82) is 5.26 Å². The second kappa shape index (κ2) is 9.11. The normalized spacial score (nSPS) is 10.6. The van der Waals surface area contributed by atoms with Crippen LogP contribution in [0.25, 0.3) is 6.08 Å². The highest BCUT2D eigenvalue weighted by atomic mass is 16.5. The van der Waals surface area contributed by atoms with E-state index in [1.165, 1.54) is 20.3 Å². The van der Waals surface area contributed by atoms with Crippen molar-refractivity contribution < 1.29 is 19.4 Å². The highest BCUT2D eigenvalue weighted by Crippen LogP contribution is 2.33. The number of carbonyl (C=O) groups excluding carboxylic acids is 1. The summed E-state index contributed by atoms with van der Waals surface area (Å²) in [7, 11) is 2.93. The van der Waals surface area contributed by atoms with Crippen LogP contribution in [0, 0.1) is 11.3 Å². The number of anilines is 1. The Hall–Kier alpha value is -3.72. The number of aromatic hydroxyl groups is 1. The average molecular weight is 364 g/mol. The average Bonchev–Trinajstić information content (AvgIpc) is 2.68. The molecular formula is C21H20N2O4. The Labute approximate surface area is 158 Å². The van der Waals surface area contributed by atoms with Crippen molar-refractivity contribution in [2.45, 2.75) is 6.42 Å². The molecule has 0 aliphatic rings. The number of methoxy groups -OCH3 is 2. The van der Waals surface area contributed by atoms with E-state index < -0.39 is 5.91 Å². The van der Waals surface area contributed by atoms with Crippen molar-refractivity contribution in [1.82, 2.24) is 0 Å². The van der Waals surface area contributed by atoms with Gasteiger partial charge in [-0.15, -0.1) is 6.58 Å². The minimum absolute atomic E-state index is 0.00605. The van der Waals surface area contributed by atoms with Crippen LogP contribution in [-0.4, -0.2) is 25.2 Å². The summed E-state index contributed by atoms with van der Waals surface area (Å²) in [5, 5.41) is 22.2. The molecule has 0 heterocycles. The summed E-state index contributed by atoms with van der Waals surface area (Å²) < 4.78 is 10.4. The van der Waals surface area contributed by atoms with Gasteiger partial charge in [0.25, 0.3) is 5.91 Å². The number of para-hydroxylation sites is 2. The molecule has 0 aromatic heterocycles. The Bertz CT molecular complexity index is 926. The van der Waals surface area contributed by atoms with Crippen molar-refractivity contribution in [3.63, 3.8) is 0 Å². The van der Waals surface area contributed by atoms with E-state index in [1.807, 2.05) is 6.07 Å². The zero-order valence-electron chi connectivity index (χ0n) is 15.2. The van der Waals surface area contributed by atoms with Gasteiger partial charge < -0.3 is 19.9 Å². The Kier molecular flexibility index (Phi) is 6.61. The summed E-state index contributed by atoms with van der Waals surface area (Å²) in [6, 6.07) is 12.0. The predicted octanol–water partition coefficient (Wildman–Crippen LogP) is 3.68. The minimum atomic E-state index is -0.570. The molecule has 0 aliphatic carbocycles. The van der Waals surface area contributed by atoms with Gasteiger partial charge in [-0.05, 0) is 42.3 Å².